The summed E-state index contributed by atoms with van der Waals surface area (Å²) < 4.78 is 5.16. The first-order valence-corrected chi connectivity index (χ1v) is 9.05. The Morgan fingerprint density at radius 2 is 2.19 bits per heavy atom. The molecule has 0 aromatic heterocycles. The van der Waals surface area contributed by atoms with Crippen LogP contribution >= 0.6 is 11.8 Å². The number of hydrogen-bond donors (Lipinski definition) is 0. The third kappa shape index (κ3) is 3.25. The van der Waals surface area contributed by atoms with Crippen LogP contribution in [0.1, 0.15) is 25.5 Å². The number of hydrogen-bond acceptors (Lipinski definition) is 7. The predicted molar refractivity (Wildman–Crippen MR) is 101 cm³/mol. The van der Waals surface area contributed by atoms with Crippen LogP contribution in [0.3, 0.4) is 0 Å². The molecule has 9 heteroatoms. The minimum Gasteiger partial charge on any atom is -0.458 e. The van der Waals surface area contributed by atoms with Crippen molar-refractivity contribution in [1.29, 1.82) is 0 Å². The summed E-state index contributed by atoms with van der Waals surface area (Å²) in [6, 6.07) is 5.09. The average molecular weight is 387 g/mol. The first-order chi connectivity index (χ1) is 12.9. The molecule has 1 aromatic rings. The summed E-state index contributed by atoms with van der Waals surface area (Å²) in [5.74, 6) is -0.945. The van der Waals surface area contributed by atoms with Gasteiger partial charge in [-0.15, -0.1) is 0 Å². The number of carbonyl (C=O) groups is 2. The van der Waals surface area contributed by atoms with Crippen molar-refractivity contribution >= 4 is 34.5 Å². The molecule has 0 bridgehead atoms. The Hall–Kier alpha value is -2.94. The summed E-state index contributed by atoms with van der Waals surface area (Å²) in [6.45, 7) is 6.85. The van der Waals surface area contributed by atoms with E-state index in [1.165, 1.54) is 34.9 Å². The number of benzene rings is 1. The number of fused-ring (bicyclic) bond motifs is 1. The van der Waals surface area contributed by atoms with Crippen LogP contribution in [0.25, 0.3) is 0 Å². The van der Waals surface area contributed by atoms with Gasteiger partial charge in [0.1, 0.15) is 12.6 Å². The molecule has 1 fully saturated rings. The second kappa shape index (κ2) is 7.36. The average Bonchev–Trinajstić information content (AvgIpc) is 2.92. The zero-order chi connectivity index (χ0) is 19.7. The molecule has 2 aliphatic rings. The molecule has 2 atom stereocenters. The molecule has 27 heavy (non-hydrogen) atoms. The van der Waals surface area contributed by atoms with Crippen LogP contribution in [0.4, 0.5) is 5.69 Å². The zero-order valence-electron chi connectivity index (χ0n) is 14.7. The molecule has 8 nitrogen and oxygen atoms in total. The number of nitro groups is 1. The molecule has 0 spiro atoms. The summed E-state index contributed by atoms with van der Waals surface area (Å²) in [5, 5.41) is 11.6. The van der Waals surface area contributed by atoms with E-state index in [1.807, 2.05) is 0 Å². The number of thioether (sulfide) groups is 1. The van der Waals surface area contributed by atoms with Crippen molar-refractivity contribution in [1.82, 2.24) is 4.90 Å². The second-order valence-corrected chi connectivity index (χ2v) is 7.28. The number of nitro benzene ring substituents is 1. The molecule has 0 N–H and O–H groups in total. The molecule has 2 unspecified atom stereocenters. The monoisotopic (exact) mass is 387 g/mol. The van der Waals surface area contributed by atoms with Crippen molar-refractivity contribution in [3.63, 3.8) is 0 Å². The van der Waals surface area contributed by atoms with E-state index < -0.39 is 22.2 Å². The van der Waals surface area contributed by atoms with Crippen LogP contribution < -0.4 is 0 Å². The Kier molecular flexibility index (Phi) is 5.13. The van der Waals surface area contributed by atoms with Gasteiger partial charge in [0, 0.05) is 6.07 Å². The normalized spacial score (nSPS) is 21.6. The highest BCUT2D eigenvalue weighted by Crippen LogP contribution is 2.45. The van der Waals surface area contributed by atoms with Crippen molar-refractivity contribution in [2.75, 3.05) is 6.61 Å². The lowest BCUT2D eigenvalue weighted by Crippen LogP contribution is -2.40. The Labute approximate surface area is 159 Å². The predicted octanol–water partition coefficient (Wildman–Crippen LogP) is 2.97. The molecule has 0 saturated carbocycles. The number of para-hydroxylation sites is 1. The summed E-state index contributed by atoms with van der Waals surface area (Å²) >= 11 is 1.26. The van der Waals surface area contributed by atoms with E-state index in [0.29, 0.717) is 10.9 Å². The molecule has 3 rings (SSSR count). The van der Waals surface area contributed by atoms with Gasteiger partial charge in [0.05, 0.1) is 27.0 Å². The largest absolute Gasteiger partial charge is 0.458 e. The third-order valence-corrected chi connectivity index (χ3v) is 5.29. The van der Waals surface area contributed by atoms with Crippen LogP contribution in [-0.4, -0.2) is 38.7 Å². The minimum atomic E-state index is -0.971. The van der Waals surface area contributed by atoms with Gasteiger partial charge < -0.3 is 4.74 Å². The van der Waals surface area contributed by atoms with Gasteiger partial charge in [-0.3, -0.25) is 19.8 Å². The van der Waals surface area contributed by atoms with E-state index >= 15 is 0 Å². The maximum atomic E-state index is 12.8. The Morgan fingerprint density at radius 1 is 1.48 bits per heavy atom. The van der Waals surface area contributed by atoms with Gasteiger partial charge in [-0.05, 0) is 19.9 Å². The number of amidine groups is 1. The van der Waals surface area contributed by atoms with Crippen molar-refractivity contribution < 1.29 is 19.2 Å². The van der Waals surface area contributed by atoms with E-state index in [4.69, 9.17) is 4.74 Å². The standard InChI is InChI=1S/C18H17N3O5S/c1-4-9-26-17(23)14-10(2)19-18-20(16(22)11(3)27-18)15(14)12-7-5-6-8-13(12)21(24)25/h4-8,11,15H,1,9H2,2-3H3. The van der Waals surface area contributed by atoms with Crippen LogP contribution in [0, 0.1) is 10.1 Å². The van der Waals surface area contributed by atoms with E-state index in [0.717, 1.165) is 0 Å². The quantitative estimate of drug-likeness (QED) is 0.333. The van der Waals surface area contributed by atoms with Crippen molar-refractivity contribution in [3.05, 3.63) is 63.9 Å². The number of carbonyl (C=O) groups excluding carboxylic acids is 2. The first-order valence-electron chi connectivity index (χ1n) is 8.17. The van der Waals surface area contributed by atoms with Gasteiger partial charge in [-0.2, -0.15) is 0 Å². The number of ether oxygens (including phenoxy) is 1. The molecular formula is C18H17N3O5S. The molecule has 2 aliphatic heterocycles. The molecule has 1 aromatic carbocycles. The smallest absolute Gasteiger partial charge is 0.338 e. The zero-order valence-corrected chi connectivity index (χ0v) is 15.6. The van der Waals surface area contributed by atoms with Gasteiger partial charge in [0.2, 0.25) is 5.91 Å². The topological polar surface area (TPSA) is 102 Å². The SMILES string of the molecule is C=CCOC(=O)C1=C(C)N=C2SC(C)C(=O)N2C1c1ccccc1[N+](=O)[O-]. The van der Waals surface area contributed by atoms with Crippen molar-refractivity contribution in [2.45, 2.75) is 25.1 Å². The number of amides is 1. The molecule has 1 amide bonds. The lowest BCUT2D eigenvalue weighted by molar-refractivity contribution is -0.385. The Morgan fingerprint density at radius 3 is 2.85 bits per heavy atom. The van der Waals surface area contributed by atoms with Crippen LogP contribution in [-0.2, 0) is 14.3 Å². The fourth-order valence-corrected chi connectivity index (χ4v) is 4.08. The van der Waals surface area contributed by atoms with Crippen LogP contribution in [0.15, 0.2) is 53.2 Å². The number of nitrogens with zero attached hydrogens (tertiary/aromatic N) is 3. The van der Waals surface area contributed by atoms with Gasteiger partial charge in [0.25, 0.3) is 5.69 Å². The summed E-state index contributed by atoms with van der Waals surface area (Å²) in [4.78, 5) is 42.2. The summed E-state index contributed by atoms with van der Waals surface area (Å²) in [6.07, 6.45) is 1.42. The van der Waals surface area contributed by atoms with Gasteiger partial charge in [0.15, 0.2) is 5.17 Å². The minimum absolute atomic E-state index is 0.0190. The molecular weight excluding hydrogens is 370 g/mol. The molecule has 0 aliphatic carbocycles. The van der Waals surface area contributed by atoms with E-state index in [1.54, 1.807) is 26.0 Å². The van der Waals surface area contributed by atoms with Crippen molar-refractivity contribution in [2.24, 2.45) is 4.99 Å². The lowest BCUT2D eigenvalue weighted by atomic mass is 9.93. The summed E-state index contributed by atoms with van der Waals surface area (Å²) in [7, 11) is 0. The van der Waals surface area contributed by atoms with Crippen LogP contribution in [0.2, 0.25) is 0 Å². The fourth-order valence-electron chi connectivity index (χ4n) is 3.06. The summed E-state index contributed by atoms with van der Waals surface area (Å²) in [5.41, 5.74) is 0.539. The van der Waals surface area contributed by atoms with E-state index in [-0.39, 0.29) is 29.3 Å². The number of rotatable bonds is 5. The maximum Gasteiger partial charge on any atom is 0.338 e. The second-order valence-electron chi connectivity index (χ2n) is 5.97. The number of esters is 1. The van der Waals surface area contributed by atoms with Gasteiger partial charge >= 0.3 is 5.97 Å². The Balaban J connectivity index is 2.20. The molecule has 1 saturated heterocycles. The van der Waals surface area contributed by atoms with E-state index in [9.17, 15) is 19.7 Å². The van der Waals surface area contributed by atoms with Gasteiger partial charge in [-0.25, -0.2) is 9.79 Å². The lowest BCUT2D eigenvalue weighted by Gasteiger charge is -2.32. The highest BCUT2D eigenvalue weighted by atomic mass is 32.2. The van der Waals surface area contributed by atoms with Crippen molar-refractivity contribution in [3.8, 4) is 0 Å². The highest BCUT2D eigenvalue weighted by molar-refractivity contribution is 8.15. The van der Waals surface area contributed by atoms with E-state index in [2.05, 4.69) is 11.6 Å². The Bertz CT molecular complexity index is 908. The fraction of sp³-hybridized carbons (Fsp3) is 0.278. The molecule has 2 heterocycles. The highest BCUT2D eigenvalue weighted by Gasteiger charge is 2.48. The number of allylic oxidation sites excluding steroid dienone is 1. The number of aliphatic imine (C=N–C) groups is 1. The van der Waals surface area contributed by atoms with Crippen LogP contribution in [0.5, 0.6) is 0 Å². The molecule has 0 radical (unpaired) electrons. The third-order valence-electron chi connectivity index (χ3n) is 4.24. The first kappa shape index (κ1) is 18.8. The van der Waals surface area contributed by atoms with Gasteiger partial charge in [-0.1, -0.05) is 36.5 Å². The molecule has 140 valence electrons. The maximum absolute atomic E-state index is 12.8.